The van der Waals surface area contributed by atoms with E-state index >= 15 is 0 Å². The van der Waals surface area contributed by atoms with Crippen LogP contribution >= 0.6 is 0 Å². The highest BCUT2D eigenvalue weighted by molar-refractivity contribution is 6.12. The summed E-state index contributed by atoms with van der Waals surface area (Å²) in [5.74, 6) is -0.367. The summed E-state index contributed by atoms with van der Waals surface area (Å²) in [6.45, 7) is 8.28. The van der Waals surface area contributed by atoms with Crippen molar-refractivity contribution < 1.29 is 9.59 Å². The van der Waals surface area contributed by atoms with Crippen molar-refractivity contribution in [3.8, 4) is 0 Å². The number of aromatic nitrogens is 1. The maximum Gasteiger partial charge on any atom is 0.231 e. The second-order valence-corrected chi connectivity index (χ2v) is 3.73. The number of nitrogens with zero attached hydrogens (tertiary/aromatic N) is 2. The molecular formula is C14H16N2O2. The van der Waals surface area contributed by atoms with Crippen molar-refractivity contribution in [1.29, 1.82) is 0 Å². The van der Waals surface area contributed by atoms with Crippen LogP contribution in [0.25, 0.3) is 5.57 Å². The number of pyridine rings is 1. The molecular weight excluding hydrogens is 228 g/mol. The molecule has 0 aliphatic carbocycles. The fraction of sp³-hybridized carbons (Fsp3) is 0.214. The molecule has 0 N–H and O–H groups in total. The lowest BCUT2D eigenvalue weighted by molar-refractivity contribution is -0.124. The van der Waals surface area contributed by atoms with E-state index in [9.17, 15) is 9.59 Å². The molecule has 0 unspecified atom stereocenters. The molecule has 4 nitrogen and oxygen atoms in total. The fourth-order valence-electron chi connectivity index (χ4n) is 1.64. The molecule has 0 saturated carbocycles. The number of imide groups is 1. The van der Waals surface area contributed by atoms with Gasteiger partial charge < -0.3 is 0 Å². The third-order valence-electron chi connectivity index (χ3n) is 2.47. The first-order valence-corrected chi connectivity index (χ1v) is 5.57. The summed E-state index contributed by atoms with van der Waals surface area (Å²) in [5, 5.41) is 0. The maximum absolute atomic E-state index is 11.4. The smallest absolute Gasteiger partial charge is 0.231 e. The van der Waals surface area contributed by atoms with Gasteiger partial charge in [-0.1, -0.05) is 18.7 Å². The van der Waals surface area contributed by atoms with Gasteiger partial charge in [-0.15, -0.1) is 0 Å². The second kappa shape index (κ2) is 5.91. The van der Waals surface area contributed by atoms with E-state index in [4.69, 9.17) is 0 Å². The van der Waals surface area contributed by atoms with Gasteiger partial charge in [-0.25, -0.2) is 9.88 Å². The SMILES string of the molecule is C=C/C(=C\C)c1ccc(N(C(C)=O)C(C)=O)nc1. The first kappa shape index (κ1) is 13.8. The van der Waals surface area contributed by atoms with Gasteiger partial charge in [-0.3, -0.25) is 9.59 Å². The molecule has 0 saturated heterocycles. The number of hydrogen-bond donors (Lipinski definition) is 0. The molecule has 1 rings (SSSR count). The Labute approximate surface area is 107 Å². The Bertz CT molecular complexity index is 487. The zero-order valence-electron chi connectivity index (χ0n) is 10.8. The number of rotatable bonds is 3. The molecule has 4 heteroatoms. The van der Waals surface area contributed by atoms with Gasteiger partial charge in [0.2, 0.25) is 11.8 Å². The van der Waals surface area contributed by atoms with Crippen LogP contribution in [0, 0.1) is 0 Å². The summed E-state index contributed by atoms with van der Waals surface area (Å²) in [5.41, 5.74) is 1.84. The average molecular weight is 244 g/mol. The van der Waals surface area contributed by atoms with Crippen molar-refractivity contribution in [3.63, 3.8) is 0 Å². The van der Waals surface area contributed by atoms with Gasteiger partial charge in [-0.2, -0.15) is 0 Å². The van der Waals surface area contributed by atoms with E-state index in [2.05, 4.69) is 11.6 Å². The highest BCUT2D eigenvalue weighted by Crippen LogP contribution is 2.18. The lowest BCUT2D eigenvalue weighted by Crippen LogP contribution is -2.33. The highest BCUT2D eigenvalue weighted by Gasteiger charge is 2.17. The summed E-state index contributed by atoms with van der Waals surface area (Å²) >= 11 is 0. The minimum Gasteiger partial charge on any atom is -0.274 e. The minimum absolute atomic E-state index is 0.332. The molecule has 94 valence electrons. The first-order chi connectivity index (χ1) is 8.51. The van der Waals surface area contributed by atoms with Crippen LogP contribution < -0.4 is 4.90 Å². The topological polar surface area (TPSA) is 50.3 Å². The largest absolute Gasteiger partial charge is 0.274 e. The predicted octanol–water partition coefficient (Wildman–Crippen LogP) is 2.57. The Morgan fingerprint density at radius 3 is 2.22 bits per heavy atom. The van der Waals surface area contributed by atoms with Gasteiger partial charge in [0.15, 0.2) is 0 Å². The lowest BCUT2D eigenvalue weighted by Gasteiger charge is -2.16. The van der Waals surface area contributed by atoms with Crippen molar-refractivity contribution in [1.82, 2.24) is 4.98 Å². The normalized spacial score (nSPS) is 10.9. The van der Waals surface area contributed by atoms with Gasteiger partial charge in [0.05, 0.1) is 0 Å². The van der Waals surface area contributed by atoms with Crippen LogP contribution in [0.15, 0.2) is 37.1 Å². The summed E-state index contributed by atoms with van der Waals surface area (Å²) in [6, 6.07) is 3.45. The van der Waals surface area contributed by atoms with E-state index in [0.29, 0.717) is 5.82 Å². The second-order valence-electron chi connectivity index (χ2n) is 3.73. The molecule has 0 atom stereocenters. The third kappa shape index (κ3) is 2.91. The van der Waals surface area contributed by atoms with Gasteiger partial charge in [0.25, 0.3) is 0 Å². The predicted molar refractivity (Wildman–Crippen MR) is 71.9 cm³/mol. The van der Waals surface area contributed by atoms with Crippen molar-refractivity contribution in [2.24, 2.45) is 0 Å². The van der Waals surface area contributed by atoms with Crippen LogP contribution in [0.1, 0.15) is 26.3 Å². The number of hydrogen-bond acceptors (Lipinski definition) is 3. The highest BCUT2D eigenvalue weighted by atomic mass is 16.2. The van der Waals surface area contributed by atoms with Gasteiger partial charge in [0, 0.05) is 20.0 Å². The van der Waals surface area contributed by atoms with E-state index in [1.165, 1.54) is 13.8 Å². The van der Waals surface area contributed by atoms with E-state index in [-0.39, 0.29) is 11.8 Å². The number of amides is 2. The van der Waals surface area contributed by atoms with Gasteiger partial charge in [0.1, 0.15) is 5.82 Å². The Morgan fingerprint density at radius 2 is 1.89 bits per heavy atom. The summed E-state index contributed by atoms with van der Waals surface area (Å²) in [7, 11) is 0. The van der Waals surface area contributed by atoms with E-state index in [0.717, 1.165) is 16.0 Å². The Kier molecular flexibility index (Phi) is 4.54. The number of anilines is 1. The standard InChI is InChI=1S/C14H16N2O2/c1-5-12(6-2)13-7-8-14(15-9-13)16(10(3)17)11(4)18/h5-9H,1H2,2-4H3/b12-6+. The summed E-state index contributed by atoms with van der Waals surface area (Å²) in [4.78, 5) is 27.9. The minimum atomic E-state index is -0.349. The summed E-state index contributed by atoms with van der Waals surface area (Å²) in [6.07, 6.45) is 5.26. The number of allylic oxidation sites excluding steroid dienone is 3. The molecule has 0 aliphatic heterocycles. The number of carbonyl (C=O) groups is 2. The van der Waals surface area contributed by atoms with E-state index in [1.807, 2.05) is 13.0 Å². The van der Waals surface area contributed by atoms with Crippen molar-refractivity contribution >= 4 is 23.2 Å². The maximum atomic E-state index is 11.4. The van der Waals surface area contributed by atoms with Crippen LogP contribution in [0.2, 0.25) is 0 Å². The number of carbonyl (C=O) groups excluding carboxylic acids is 2. The molecule has 0 fully saturated rings. The Hall–Kier alpha value is -2.23. The van der Waals surface area contributed by atoms with Crippen LogP contribution in [-0.4, -0.2) is 16.8 Å². The molecule has 0 spiro atoms. The monoisotopic (exact) mass is 244 g/mol. The molecule has 0 aliphatic rings. The molecule has 1 aromatic heterocycles. The van der Waals surface area contributed by atoms with Crippen LogP contribution in [0.4, 0.5) is 5.82 Å². The van der Waals surface area contributed by atoms with Crippen molar-refractivity contribution in [2.45, 2.75) is 20.8 Å². The molecule has 1 heterocycles. The molecule has 0 bridgehead atoms. The molecule has 2 amide bonds. The zero-order chi connectivity index (χ0) is 13.7. The van der Waals surface area contributed by atoms with Crippen LogP contribution in [0.5, 0.6) is 0 Å². The zero-order valence-corrected chi connectivity index (χ0v) is 10.8. The Morgan fingerprint density at radius 1 is 1.28 bits per heavy atom. The van der Waals surface area contributed by atoms with Crippen molar-refractivity contribution in [3.05, 3.63) is 42.6 Å². The average Bonchev–Trinajstić information content (AvgIpc) is 2.31. The fourth-order valence-corrected chi connectivity index (χ4v) is 1.64. The van der Waals surface area contributed by atoms with Gasteiger partial charge >= 0.3 is 0 Å². The molecule has 0 aromatic carbocycles. The van der Waals surface area contributed by atoms with Crippen LogP contribution in [-0.2, 0) is 9.59 Å². The summed E-state index contributed by atoms with van der Waals surface area (Å²) < 4.78 is 0. The van der Waals surface area contributed by atoms with E-state index < -0.39 is 0 Å². The molecule has 1 aromatic rings. The van der Waals surface area contributed by atoms with Gasteiger partial charge in [-0.05, 0) is 30.2 Å². The quantitative estimate of drug-likeness (QED) is 0.768. The van der Waals surface area contributed by atoms with Crippen LogP contribution in [0.3, 0.4) is 0 Å². The van der Waals surface area contributed by atoms with Crippen molar-refractivity contribution in [2.75, 3.05) is 4.90 Å². The molecule has 0 radical (unpaired) electrons. The van der Waals surface area contributed by atoms with E-state index in [1.54, 1.807) is 24.4 Å². The third-order valence-corrected chi connectivity index (χ3v) is 2.47. The molecule has 18 heavy (non-hydrogen) atoms. The first-order valence-electron chi connectivity index (χ1n) is 5.57. The lowest BCUT2D eigenvalue weighted by atomic mass is 10.1. The Balaban J connectivity index is 3.12.